The number of rotatable bonds is 4. The molecule has 2 fully saturated rings. The Hall–Kier alpha value is -4.66. The first-order chi connectivity index (χ1) is 17.9. The first-order valence-corrected chi connectivity index (χ1v) is 11.7. The van der Waals surface area contributed by atoms with Crippen LogP contribution in [-0.2, 0) is 14.3 Å². The summed E-state index contributed by atoms with van der Waals surface area (Å²) in [6.07, 6.45) is 1.61. The third-order valence-electron chi connectivity index (χ3n) is 7.24. The molecule has 0 bridgehead atoms. The van der Waals surface area contributed by atoms with Gasteiger partial charge in [0, 0.05) is 5.56 Å². The molecule has 3 heterocycles. The Balaban J connectivity index is 1.50. The molecule has 0 spiro atoms. The SMILES string of the molecule is COC(=O)c1ccccc1N1C(=O)[C@H]2[C@@H](C1=O)C1c3ccccc3C=NN1[C@H]2C(=O)c1ccc(F)cc1. The van der Waals surface area contributed by atoms with Crippen LogP contribution < -0.4 is 4.90 Å². The van der Waals surface area contributed by atoms with Crippen molar-refractivity contribution in [3.05, 3.63) is 101 Å². The van der Waals surface area contributed by atoms with Gasteiger partial charge in [-0.1, -0.05) is 36.4 Å². The minimum Gasteiger partial charge on any atom is -0.465 e. The highest BCUT2D eigenvalue weighted by Crippen LogP contribution is 2.53. The highest BCUT2D eigenvalue weighted by Gasteiger charge is 2.65. The van der Waals surface area contributed by atoms with Gasteiger partial charge in [0.25, 0.3) is 0 Å². The van der Waals surface area contributed by atoms with Crippen molar-refractivity contribution < 1.29 is 28.3 Å². The van der Waals surface area contributed by atoms with E-state index in [9.17, 15) is 23.6 Å². The van der Waals surface area contributed by atoms with Gasteiger partial charge in [0.05, 0.1) is 42.5 Å². The lowest BCUT2D eigenvalue weighted by Gasteiger charge is -2.34. The highest BCUT2D eigenvalue weighted by molar-refractivity contribution is 6.26. The van der Waals surface area contributed by atoms with Crippen LogP contribution in [0.5, 0.6) is 0 Å². The Morgan fingerprint density at radius 3 is 2.32 bits per heavy atom. The Morgan fingerprint density at radius 1 is 0.892 bits per heavy atom. The molecule has 3 aromatic carbocycles. The molecular weight excluding hydrogens is 477 g/mol. The largest absolute Gasteiger partial charge is 0.465 e. The molecule has 9 heteroatoms. The quantitative estimate of drug-likeness (QED) is 0.312. The maximum absolute atomic E-state index is 14.0. The molecule has 0 aromatic heterocycles. The summed E-state index contributed by atoms with van der Waals surface area (Å²) in [4.78, 5) is 55.2. The molecule has 6 rings (SSSR count). The van der Waals surface area contributed by atoms with Crippen LogP contribution in [-0.4, -0.2) is 47.9 Å². The molecule has 184 valence electrons. The number of imide groups is 1. The predicted octanol–water partition coefficient (Wildman–Crippen LogP) is 3.37. The summed E-state index contributed by atoms with van der Waals surface area (Å²) in [6.45, 7) is 0. The molecule has 4 atom stereocenters. The number of para-hydroxylation sites is 1. The van der Waals surface area contributed by atoms with Crippen LogP contribution in [0.2, 0.25) is 0 Å². The smallest absolute Gasteiger partial charge is 0.339 e. The summed E-state index contributed by atoms with van der Waals surface area (Å²) in [7, 11) is 1.22. The number of ether oxygens (including phenoxy) is 1. The molecule has 3 aliphatic rings. The van der Waals surface area contributed by atoms with E-state index in [4.69, 9.17) is 4.74 Å². The molecule has 8 nitrogen and oxygen atoms in total. The van der Waals surface area contributed by atoms with Crippen LogP contribution in [0.25, 0.3) is 0 Å². The van der Waals surface area contributed by atoms with Gasteiger partial charge in [0.2, 0.25) is 11.8 Å². The number of anilines is 1. The first-order valence-electron chi connectivity index (χ1n) is 11.7. The molecule has 0 radical (unpaired) electrons. The van der Waals surface area contributed by atoms with Crippen molar-refractivity contribution in [2.75, 3.05) is 12.0 Å². The fraction of sp³-hybridized carbons (Fsp3) is 0.179. The van der Waals surface area contributed by atoms with E-state index < -0.39 is 53.3 Å². The summed E-state index contributed by atoms with van der Waals surface area (Å²) < 4.78 is 18.4. The molecule has 3 aromatic rings. The zero-order valence-electron chi connectivity index (χ0n) is 19.6. The fourth-order valence-electron chi connectivity index (χ4n) is 5.64. The van der Waals surface area contributed by atoms with E-state index in [0.717, 1.165) is 16.0 Å². The van der Waals surface area contributed by atoms with E-state index in [-0.39, 0.29) is 16.8 Å². The average molecular weight is 497 g/mol. The van der Waals surface area contributed by atoms with E-state index in [2.05, 4.69) is 5.10 Å². The number of fused-ring (bicyclic) bond motifs is 5. The maximum atomic E-state index is 14.0. The number of halogens is 1. The highest BCUT2D eigenvalue weighted by atomic mass is 19.1. The van der Waals surface area contributed by atoms with E-state index in [1.54, 1.807) is 18.3 Å². The number of amides is 2. The van der Waals surface area contributed by atoms with Gasteiger partial charge in [-0.05, 0) is 47.5 Å². The lowest BCUT2D eigenvalue weighted by Crippen LogP contribution is -2.45. The standard InChI is InChI=1S/C28H20FN3O5/c1-37-28(36)19-8-4-5-9-20(19)31-26(34)21-22(27(31)35)24(25(33)15-10-12-17(29)13-11-15)32-23(21)18-7-3-2-6-16(18)14-30-32/h2-14,21-24H,1H3/t21-,22+,23?,24-/m1/s1. The molecule has 3 aliphatic heterocycles. The van der Waals surface area contributed by atoms with Crippen LogP contribution in [0, 0.1) is 17.7 Å². The molecule has 1 unspecified atom stereocenters. The van der Waals surface area contributed by atoms with Crippen LogP contribution >= 0.6 is 0 Å². The first kappa shape index (κ1) is 22.8. The number of benzene rings is 3. The Bertz CT molecular complexity index is 1500. The van der Waals surface area contributed by atoms with Crippen molar-refractivity contribution in [2.24, 2.45) is 16.9 Å². The number of esters is 1. The zero-order chi connectivity index (χ0) is 25.8. The van der Waals surface area contributed by atoms with Crippen LogP contribution in [0.3, 0.4) is 0 Å². The molecule has 0 N–H and O–H groups in total. The average Bonchev–Trinajstić information content (AvgIpc) is 3.40. The Labute approximate surface area is 210 Å². The monoisotopic (exact) mass is 497 g/mol. The lowest BCUT2D eigenvalue weighted by atomic mass is 9.83. The fourth-order valence-corrected chi connectivity index (χ4v) is 5.64. The van der Waals surface area contributed by atoms with Crippen LogP contribution in [0.15, 0.2) is 77.9 Å². The van der Waals surface area contributed by atoms with Gasteiger partial charge in [-0.15, -0.1) is 0 Å². The molecule has 0 aliphatic carbocycles. The van der Waals surface area contributed by atoms with Crippen molar-refractivity contribution >= 4 is 35.5 Å². The molecule has 2 saturated heterocycles. The van der Waals surface area contributed by atoms with Gasteiger partial charge in [-0.3, -0.25) is 19.4 Å². The molecular formula is C28H20FN3O5. The maximum Gasteiger partial charge on any atom is 0.339 e. The number of carbonyl (C=O) groups excluding carboxylic acids is 4. The number of nitrogens with zero attached hydrogens (tertiary/aromatic N) is 3. The van der Waals surface area contributed by atoms with Gasteiger partial charge in [0.1, 0.15) is 11.9 Å². The van der Waals surface area contributed by atoms with Gasteiger partial charge < -0.3 is 4.74 Å². The van der Waals surface area contributed by atoms with Gasteiger partial charge in [0.15, 0.2) is 5.78 Å². The second-order valence-electron chi connectivity index (χ2n) is 9.09. The normalized spacial score (nSPS) is 23.5. The molecule has 2 amide bonds. The van der Waals surface area contributed by atoms with Crippen molar-refractivity contribution in [3.63, 3.8) is 0 Å². The third kappa shape index (κ3) is 3.31. The zero-order valence-corrected chi connectivity index (χ0v) is 19.6. The van der Waals surface area contributed by atoms with E-state index in [0.29, 0.717) is 0 Å². The number of hydrazone groups is 1. The van der Waals surface area contributed by atoms with E-state index in [1.807, 2.05) is 24.3 Å². The van der Waals surface area contributed by atoms with Crippen molar-refractivity contribution in [1.29, 1.82) is 0 Å². The number of Topliss-reactive ketones (excluding diaryl/α,β-unsaturated/α-hetero) is 1. The number of hydrogen-bond acceptors (Lipinski definition) is 7. The van der Waals surface area contributed by atoms with Crippen LogP contribution in [0.1, 0.15) is 37.9 Å². The van der Waals surface area contributed by atoms with E-state index in [1.165, 1.54) is 48.5 Å². The minimum atomic E-state index is -1.10. The minimum absolute atomic E-state index is 0.0620. The number of hydrogen-bond donors (Lipinski definition) is 0. The Morgan fingerprint density at radius 2 is 1.57 bits per heavy atom. The third-order valence-corrected chi connectivity index (χ3v) is 7.24. The Kier molecular flexibility index (Phi) is 5.22. The summed E-state index contributed by atoms with van der Waals surface area (Å²) >= 11 is 0. The van der Waals surface area contributed by atoms with Crippen LogP contribution in [0.4, 0.5) is 10.1 Å². The van der Waals surface area contributed by atoms with Crippen molar-refractivity contribution in [3.8, 4) is 0 Å². The van der Waals surface area contributed by atoms with Crippen molar-refractivity contribution in [2.45, 2.75) is 12.1 Å². The second-order valence-corrected chi connectivity index (χ2v) is 9.09. The van der Waals surface area contributed by atoms with E-state index >= 15 is 0 Å². The number of methoxy groups -OCH3 is 1. The summed E-state index contributed by atoms with van der Waals surface area (Å²) in [5.74, 6) is -4.76. The van der Waals surface area contributed by atoms with Gasteiger partial charge >= 0.3 is 5.97 Å². The topological polar surface area (TPSA) is 96.3 Å². The molecule has 37 heavy (non-hydrogen) atoms. The van der Waals surface area contributed by atoms with Crippen molar-refractivity contribution in [1.82, 2.24) is 5.01 Å². The molecule has 0 saturated carbocycles. The number of carbonyl (C=O) groups is 4. The predicted molar refractivity (Wildman–Crippen MR) is 130 cm³/mol. The number of ketones is 1. The van der Waals surface area contributed by atoms with Gasteiger partial charge in [-0.25, -0.2) is 14.1 Å². The van der Waals surface area contributed by atoms with Gasteiger partial charge in [-0.2, -0.15) is 5.10 Å². The lowest BCUT2D eigenvalue weighted by molar-refractivity contribution is -0.124. The summed E-state index contributed by atoms with van der Waals surface area (Å²) in [5.41, 5.74) is 1.92. The summed E-state index contributed by atoms with van der Waals surface area (Å²) in [6, 6.07) is 16.9. The second kappa shape index (κ2) is 8.48. The summed E-state index contributed by atoms with van der Waals surface area (Å²) in [5, 5.41) is 6.03.